The minimum absolute atomic E-state index is 0. The number of halogens is 2. The van der Waals surface area contributed by atoms with Crippen molar-refractivity contribution in [1.29, 1.82) is 0 Å². The number of carbonyl (C=O) groups excluding carboxylic acids is 1. The SMILES string of the molecule is CCC(NC(=O)C1NNC2CCNCC21)c1cccc(Cl)c1.Cl. The smallest absolute Gasteiger partial charge is 0.239 e. The van der Waals surface area contributed by atoms with Gasteiger partial charge in [-0.15, -0.1) is 12.4 Å². The highest BCUT2D eigenvalue weighted by Gasteiger charge is 2.41. The molecule has 0 radical (unpaired) electrons. The Bertz CT molecular complexity index is 543. The van der Waals surface area contributed by atoms with Crippen LogP contribution in [0.2, 0.25) is 5.02 Å². The third-order valence-electron chi connectivity index (χ3n) is 4.64. The average molecular weight is 359 g/mol. The second kappa shape index (κ2) is 8.31. The molecule has 0 saturated carbocycles. The van der Waals surface area contributed by atoms with Gasteiger partial charge in [-0.3, -0.25) is 10.2 Å². The molecule has 4 unspecified atom stereocenters. The standard InChI is InChI=1S/C16H23ClN4O.ClH/c1-2-13(10-4-3-5-11(17)8-10)19-16(22)15-12-9-18-7-6-14(12)20-21-15;/h3-5,8,12-15,18,20-21H,2,6-7,9H2,1H3,(H,19,22);1H. The molecule has 2 fully saturated rings. The first kappa shape index (κ1) is 18.5. The summed E-state index contributed by atoms with van der Waals surface area (Å²) in [5, 5.41) is 7.22. The van der Waals surface area contributed by atoms with Crippen LogP contribution in [0.15, 0.2) is 24.3 Å². The lowest BCUT2D eigenvalue weighted by Crippen LogP contribution is -2.49. The van der Waals surface area contributed by atoms with Crippen molar-refractivity contribution in [2.75, 3.05) is 13.1 Å². The van der Waals surface area contributed by atoms with Crippen LogP contribution < -0.4 is 21.5 Å². The molecule has 1 aromatic rings. The lowest BCUT2D eigenvalue weighted by molar-refractivity contribution is -0.124. The third kappa shape index (κ3) is 4.17. The lowest BCUT2D eigenvalue weighted by atomic mass is 9.89. The van der Waals surface area contributed by atoms with E-state index in [2.05, 4.69) is 28.4 Å². The Kier molecular flexibility index (Phi) is 6.68. The number of hydrogen-bond acceptors (Lipinski definition) is 4. The summed E-state index contributed by atoms with van der Waals surface area (Å²) in [6, 6.07) is 7.87. The van der Waals surface area contributed by atoms with Crippen molar-refractivity contribution in [3.63, 3.8) is 0 Å². The second-order valence-electron chi connectivity index (χ2n) is 6.05. The van der Waals surface area contributed by atoms with Crippen molar-refractivity contribution in [3.8, 4) is 0 Å². The number of nitrogens with one attached hydrogen (secondary N) is 4. The molecule has 2 heterocycles. The molecule has 5 nitrogen and oxygen atoms in total. The van der Waals surface area contributed by atoms with E-state index >= 15 is 0 Å². The molecule has 0 aromatic heterocycles. The number of benzene rings is 1. The van der Waals surface area contributed by atoms with Crippen LogP contribution in [0.25, 0.3) is 0 Å². The van der Waals surface area contributed by atoms with Gasteiger partial charge in [0.15, 0.2) is 0 Å². The highest BCUT2D eigenvalue weighted by atomic mass is 35.5. The molecule has 3 rings (SSSR count). The summed E-state index contributed by atoms with van der Waals surface area (Å²) in [5.74, 6) is 0.348. The highest BCUT2D eigenvalue weighted by molar-refractivity contribution is 6.30. The van der Waals surface area contributed by atoms with E-state index in [1.807, 2.05) is 24.3 Å². The van der Waals surface area contributed by atoms with Crippen LogP contribution in [0.4, 0.5) is 0 Å². The van der Waals surface area contributed by atoms with E-state index in [1.165, 1.54) is 0 Å². The maximum atomic E-state index is 12.7. The van der Waals surface area contributed by atoms with E-state index in [1.54, 1.807) is 0 Å². The van der Waals surface area contributed by atoms with Gasteiger partial charge in [-0.05, 0) is 37.1 Å². The van der Waals surface area contributed by atoms with Gasteiger partial charge in [0, 0.05) is 23.5 Å². The number of hydrogen-bond donors (Lipinski definition) is 4. The first-order valence-corrected chi connectivity index (χ1v) is 8.34. The van der Waals surface area contributed by atoms with Gasteiger partial charge < -0.3 is 10.6 Å². The van der Waals surface area contributed by atoms with E-state index in [4.69, 9.17) is 11.6 Å². The quantitative estimate of drug-likeness (QED) is 0.662. The Labute approximate surface area is 148 Å². The highest BCUT2D eigenvalue weighted by Crippen LogP contribution is 2.23. The van der Waals surface area contributed by atoms with E-state index in [0.717, 1.165) is 31.5 Å². The van der Waals surface area contributed by atoms with Gasteiger partial charge >= 0.3 is 0 Å². The Hall–Kier alpha value is -0.850. The van der Waals surface area contributed by atoms with Gasteiger partial charge in [0.1, 0.15) is 6.04 Å². The normalized spacial score (nSPS) is 27.7. The topological polar surface area (TPSA) is 65.2 Å². The van der Waals surface area contributed by atoms with Crippen LogP contribution in [0, 0.1) is 5.92 Å². The maximum absolute atomic E-state index is 12.7. The van der Waals surface area contributed by atoms with Crippen LogP contribution in [0.3, 0.4) is 0 Å². The van der Waals surface area contributed by atoms with E-state index in [9.17, 15) is 4.79 Å². The van der Waals surface area contributed by atoms with Gasteiger partial charge in [-0.2, -0.15) is 0 Å². The number of rotatable bonds is 4. The largest absolute Gasteiger partial charge is 0.348 e. The predicted octanol–water partition coefficient (Wildman–Crippen LogP) is 1.78. The minimum Gasteiger partial charge on any atom is -0.348 e. The Morgan fingerprint density at radius 2 is 2.26 bits per heavy atom. The summed E-state index contributed by atoms with van der Waals surface area (Å²) in [6.07, 6.45) is 1.88. The van der Waals surface area contributed by atoms with Gasteiger partial charge in [0.2, 0.25) is 5.91 Å². The number of hydrazine groups is 1. The Balaban J connectivity index is 0.00000192. The average Bonchev–Trinajstić information content (AvgIpc) is 2.96. The van der Waals surface area contributed by atoms with E-state index in [-0.39, 0.29) is 30.4 Å². The molecule has 4 N–H and O–H groups in total. The van der Waals surface area contributed by atoms with Crippen molar-refractivity contribution < 1.29 is 4.79 Å². The number of piperidine rings is 1. The minimum atomic E-state index is -0.189. The molecule has 0 aliphatic carbocycles. The zero-order valence-electron chi connectivity index (χ0n) is 13.1. The molecule has 2 aliphatic heterocycles. The van der Waals surface area contributed by atoms with Crippen LogP contribution in [-0.2, 0) is 4.79 Å². The maximum Gasteiger partial charge on any atom is 0.239 e. The number of fused-ring (bicyclic) bond motifs is 1. The zero-order valence-corrected chi connectivity index (χ0v) is 14.7. The van der Waals surface area contributed by atoms with Gasteiger partial charge in [0.05, 0.1) is 6.04 Å². The third-order valence-corrected chi connectivity index (χ3v) is 4.87. The molecule has 1 amide bonds. The summed E-state index contributed by atoms with van der Waals surface area (Å²) in [4.78, 5) is 12.7. The van der Waals surface area contributed by atoms with Gasteiger partial charge in [0.25, 0.3) is 0 Å². The van der Waals surface area contributed by atoms with Crippen molar-refractivity contribution in [1.82, 2.24) is 21.5 Å². The van der Waals surface area contributed by atoms with Gasteiger partial charge in [-0.25, -0.2) is 5.43 Å². The molecule has 1 aromatic carbocycles. The van der Waals surface area contributed by atoms with Crippen LogP contribution in [-0.4, -0.2) is 31.1 Å². The van der Waals surface area contributed by atoms with Crippen molar-refractivity contribution in [2.24, 2.45) is 5.92 Å². The summed E-state index contributed by atoms with van der Waals surface area (Å²) in [6.45, 7) is 3.94. The molecule has 7 heteroatoms. The summed E-state index contributed by atoms with van der Waals surface area (Å²) in [5.41, 5.74) is 7.47. The number of carbonyl (C=O) groups is 1. The summed E-state index contributed by atoms with van der Waals surface area (Å²) in [7, 11) is 0. The van der Waals surface area contributed by atoms with Crippen molar-refractivity contribution >= 4 is 29.9 Å². The molecular formula is C16H24Cl2N4O. The Morgan fingerprint density at radius 1 is 1.43 bits per heavy atom. The van der Waals surface area contributed by atoms with Crippen LogP contribution in [0.5, 0.6) is 0 Å². The molecular weight excluding hydrogens is 335 g/mol. The van der Waals surface area contributed by atoms with Crippen LogP contribution in [0.1, 0.15) is 31.4 Å². The molecule has 0 bridgehead atoms. The molecule has 0 spiro atoms. The van der Waals surface area contributed by atoms with Crippen LogP contribution >= 0.6 is 24.0 Å². The fourth-order valence-electron chi connectivity index (χ4n) is 3.38. The van der Waals surface area contributed by atoms with E-state index < -0.39 is 0 Å². The Morgan fingerprint density at radius 3 is 3.00 bits per heavy atom. The molecule has 4 atom stereocenters. The molecule has 128 valence electrons. The number of amides is 1. The zero-order chi connectivity index (χ0) is 15.5. The first-order valence-electron chi connectivity index (χ1n) is 7.96. The predicted molar refractivity (Wildman–Crippen MR) is 94.7 cm³/mol. The van der Waals surface area contributed by atoms with Crippen molar-refractivity contribution in [2.45, 2.75) is 37.9 Å². The second-order valence-corrected chi connectivity index (χ2v) is 6.49. The molecule has 2 saturated heterocycles. The van der Waals surface area contributed by atoms with E-state index in [0.29, 0.717) is 17.0 Å². The summed E-state index contributed by atoms with van der Waals surface area (Å²) >= 11 is 6.06. The fraction of sp³-hybridized carbons (Fsp3) is 0.562. The molecule has 2 aliphatic rings. The monoisotopic (exact) mass is 358 g/mol. The van der Waals surface area contributed by atoms with Gasteiger partial charge in [-0.1, -0.05) is 30.7 Å². The fourth-order valence-corrected chi connectivity index (χ4v) is 3.58. The first-order chi connectivity index (χ1) is 10.7. The molecule has 23 heavy (non-hydrogen) atoms. The lowest BCUT2D eigenvalue weighted by Gasteiger charge is -2.28. The van der Waals surface area contributed by atoms with Crippen molar-refractivity contribution in [3.05, 3.63) is 34.9 Å². The summed E-state index contributed by atoms with van der Waals surface area (Å²) < 4.78 is 0.